The molecule has 0 aliphatic carbocycles. The molecule has 0 spiro atoms. The van der Waals surface area contributed by atoms with Crippen molar-refractivity contribution in [3.63, 3.8) is 0 Å². The highest BCUT2D eigenvalue weighted by Gasteiger charge is 2.23. The van der Waals surface area contributed by atoms with Crippen LogP contribution in [0, 0.1) is 5.82 Å². The van der Waals surface area contributed by atoms with Crippen LogP contribution in [-0.2, 0) is 5.41 Å². The number of ether oxygens (including phenoxy) is 1. The molecule has 2 amide bonds. The minimum absolute atomic E-state index is 0.249. The van der Waals surface area contributed by atoms with E-state index < -0.39 is 6.03 Å². The number of carbonyl (C=O) groups is 1. The summed E-state index contributed by atoms with van der Waals surface area (Å²) >= 11 is 0. The molecule has 1 aliphatic rings. The number of hydrogen-bond acceptors (Lipinski definition) is 7. The van der Waals surface area contributed by atoms with E-state index in [1.165, 1.54) is 31.3 Å². The topological polar surface area (TPSA) is 109 Å². The predicted octanol–water partition coefficient (Wildman–Crippen LogP) is 6.43. The standard InChI is InChI=1S/C31H37FN8O2/c1-5-39-16-6-7-24(39)19-33-27-18-29(35-20-34-27)42-25-14-10-22(11-15-25)36-30(41)37-28-17-26(31(2,3)4)38-40(28)23-12-8-21(32)9-13-23/h8-15,17-18,20,24H,5-7,16,19H2,1-4H3,(H,33,34,35)(H2,36,37,41). The fraction of sp³-hybridized carbons (Fsp3) is 0.355. The first-order chi connectivity index (χ1) is 20.2. The zero-order valence-corrected chi connectivity index (χ0v) is 24.4. The lowest BCUT2D eigenvalue weighted by Gasteiger charge is -2.23. The van der Waals surface area contributed by atoms with Gasteiger partial charge in [0, 0.05) is 35.8 Å². The smallest absolute Gasteiger partial charge is 0.324 e. The number of aromatic nitrogens is 4. The summed E-state index contributed by atoms with van der Waals surface area (Å²) in [5.74, 6) is 1.83. The third-order valence-electron chi connectivity index (χ3n) is 7.19. The molecule has 1 unspecified atom stereocenters. The fourth-order valence-corrected chi connectivity index (χ4v) is 4.88. The van der Waals surface area contributed by atoms with Gasteiger partial charge in [0.15, 0.2) is 0 Å². The van der Waals surface area contributed by atoms with Crippen molar-refractivity contribution in [2.45, 2.75) is 52.0 Å². The number of amides is 2. The minimum atomic E-state index is -0.442. The molecule has 0 bridgehead atoms. The number of carbonyl (C=O) groups excluding carboxylic acids is 1. The zero-order chi connectivity index (χ0) is 29.7. The number of likely N-dealkylation sites (N-methyl/N-ethyl adjacent to an activating group) is 1. The van der Waals surface area contributed by atoms with Gasteiger partial charge in [0.2, 0.25) is 5.88 Å². The summed E-state index contributed by atoms with van der Waals surface area (Å²) in [6, 6.07) is 16.6. The minimum Gasteiger partial charge on any atom is -0.439 e. The summed E-state index contributed by atoms with van der Waals surface area (Å²) in [5.41, 5.74) is 1.74. The number of hydrogen-bond donors (Lipinski definition) is 3. The Morgan fingerprint density at radius 3 is 2.52 bits per heavy atom. The van der Waals surface area contributed by atoms with Crippen LogP contribution < -0.4 is 20.7 Å². The Kier molecular flexibility index (Phi) is 8.67. The van der Waals surface area contributed by atoms with Crippen LogP contribution >= 0.6 is 0 Å². The van der Waals surface area contributed by atoms with Crippen molar-refractivity contribution >= 4 is 23.4 Å². The monoisotopic (exact) mass is 572 g/mol. The first-order valence-corrected chi connectivity index (χ1v) is 14.2. The van der Waals surface area contributed by atoms with E-state index >= 15 is 0 Å². The first kappa shape index (κ1) is 29.0. The summed E-state index contributed by atoms with van der Waals surface area (Å²) in [6.07, 6.45) is 3.89. The molecule has 2 aromatic heterocycles. The lowest BCUT2D eigenvalue weighted by atomic mass is 9.92. The molecule has 0 saturated carbocycles. The van der Waals surface area contributed by atoms with Crippen LogP contribution in [-0.4, -0.2) is 56.4 Å². The van der Waals surface area contributed by atoms with Crippen molar-refractivity contribution < 1.29 is 13.9 Å². The van der Waals surface area contributed by atoms with Crippen molar-refractivity contribution in [3.05, 3.63) is 78.5 Å². The van der Waals surface area contributed by atoms with E-state index in [0.29, 0.717) is 40.7 Å². The number of halogens is 1. The fourth-order valence-electron chi connectivity index (χ4n) is 4.88. The van der Waals surface area contributed by atoms with Gasteiger partial charge < -0.3 is 15.4 Å². The molecule has 1 atom stereocenters. The van der Waals surface area contributed by atoms with Crippen molar-refractivity contribution in [2.24, 2.45) is 0 Å². The van der Waals surface area contributed by atoms with Gasteiger partial charge >= 0.3 is 6.03 Å². The molecule has 1 saturated heterocycles. The number of likely N-dealkylation sites (tertiary alicyclic amines) is 1. The van der Waals surface area contributed by atoms with Crippen LogP contribution in [0.3, 0.4) is 0 Å². The van der Waals surface area contributed by atoms with Crippen LogP contribution in [0.25, 0.3) is 5.69 Å². The van der Waals surface area contributed by atoms with Crippen molar-refractivity contribution in [2.75, 3.05) is 35.6 Å². The molecule has 1 fully saturated rings. The third kappa shape index (κ3) is 7.22. The van der Waals surface area contributed by atoms with Gasteiger partial charge in [-0.15, -0.1) is 0 Å². The lowest BCUT2D eigenvalue weighted by molar-refractivity contribution is 0.262. The summed E-state index contributed by atoms with van der Waals surface area (Å²) in [5, 5.41) is 13.8. The number of urea groups is 1. The number of benzene rings is 2. The molecule has 3 heterocycles. The molecule has 220 valence electrons. The Hall–Kier alpha value is -4.51. The van der Waals surface area contributed by atoms with Crippen LogP contribution in [0.1, 0.15) is 46.2 Å². The maximum absolute atomic E-state index is 13.5. The van der Waals surface area contributed by atoms with Gasteiger partial charge in [-0.1, -0.05) is 27.7 Å². The van der Waals surface area contributed by atoms with E-state index in [0.717, 1.165) is 25.3 Å². The molecule has 1 aliphatic heterocycles. The SMILES string of the molecule is CCN1CCCC1CNc1cc(Oc2ccc(NC(=O)Nc3cc(C(C)(C)C)nn3-c3ccc(F)cc3)cc2)ncn1. The Morgan fingerprint density at radius 1 is 1.05 bits per heavy atom. The van der Waals surface area contributed by atoms with Crippen LogP contribution in [0.2, 0.25) is 0 Å². The van der Waals surface area contributed by atoms with Gasteiger partial charge in [-0.2, -0.15) is 5.10 Å². The number of anilines is 3. The van der Waals surface area contributed by atoms with E-state index in [2.05, 4.69) is 42.8 Å². The molecule has 42 heavy (non-hydrogen) atoms. The van der Waals surface area contributed by atoms with E-state index in [9.17, 15) is 9.18 Å². The van der Waals surface area contributed by atoms with E-state index in [1.807, 2.05) is 26.8 Å². The van der Waals surface area contributed by atoms with E-state index in [-0.39, 0.29) is 11.2 Å². The van der Waals surface area contributed by atoms with Gasteiger partial charge in [0.25, 0.3) is 0 Å². The summed E-state index contributed by atoms with van der Waals surface area (Å²) < 4.78 is 21.0. The Balaban J connectivity index is 1.20. The van der Waals surface area contributed by atoms with Gasteiger partial charge in [-0.25, -0.2) is 23.8 Å². The average molecular weight is 573 g/mol. The highest BCUT2D eigenvalue weighted by Crippen LogP contribution is 2.27. The molecule has 2 aromatic carbocycles. The lowest BCUT2D eigenvalue weighted by Crippen LogP contribution is -2.34. The second-order valence-electron chi connectivity index (χ2n) is 11.3. The Bertz CT molecular complexity index is 1500. The first-order valence-electron chi connectivity index (χ1n) is 14.2. The summed E-state index contributed by atoms with van der Waals surface area (Å²) in [4.78, 5) is 23.9. The number of nitrogens with one attached hydrogen (secondary N) is 3. The molecule has 4 aromatic rings. The molecular weight excluding hydrogens is 535 g/mol. The van der Waals surface area contributed by atoms with Crippen LogP contribution in [0.4, 0.5) is 26.5 Å². The second-order valence-corrected chi connectivity index (χ2v) is 11.3. The van der Waals surface area contributed by atoms with Crippen molar-refractivity contribution in [3.8, 4) is 17.3 Å². The predicted molar refractivity (Wildman–Crippen MR) is 162 cm³/mol. The Labute approximate surface area is 245 Å². The largest absolute Gasteiger partial charge is 0.439 e. The maximum Gasteiger partial charge on any atom is 0.324 e. The summed E-state index contributed by atoms with van der Waals surface area (Å²) in [6.45, 7) is 11.3. The molecule has 3 N–H and O–H groups in total. The molecule has 11 heteroatoms. The zero-order valence-electron chi connectivity index (χ0n) is 24.4. The van der Waals surface area contributed by atoms with Crippen LogP contribution in [0.15, 0.2) is 67.0 Å². The van der Waals surface area contributed by atoms with E-state index in [4.69, 9.17) is 4.74 Å². The maximum atomic E-state index is 13.5. The molecule has 5 rings (SSSR count). The second kappa shape index (κ2) is 12.6. The van der Waals surface area contributed by atoms with Crippen molar-refractivity contribution in [1.82, 2.24) is 24.6 Å². The molecule has 10 nitrogen and oxygen atoms in total. The number of nitrogens with zero attached hydrogens (tertiary/aromatic N) is 5. The molecule has 0 radical (unpaired) electrons. The highest BCUT2D eigenvalue weighted by atomic mass is 19.1. The summed E-state index contributed by atoms with van der Waals surface area (Å²) in [7, 11) is 0. The Morgan fingerprint density at radius 2 is 1.81 bits per heavy atom. The quantitative estimate of drug-likeness (QED) is 0.212. The molecular formula is C31H37FN8O2. The average Bonchev–Trinajstić information content (AvgIpc) is 3.61. The van der Waals surface area contributed by atoms with Crippen molar-refractivity contribution in [1.29, 1.82) is 0 Å². The van der Waals surface area contributed by atoms with Gasteiger partial charge in [-0.05, 0) is 74.5 Å². The number of rotatable bonds is 9. The van der Waals surface area contributed by atoms with Gasteiger partial charge in [0.05, 0.1) is 11.4 Å². The normalized spacial score (nSPS) is 15.4. The van der Waals surface area contributed by atoms with Gasteiger partial charge in [0.1, 0.15) is 29.5 Å². The van der Waals surface area contributed by atoms with E-state index in [1.54, 1.807) is 47.1 Å². The van der Waals surface area contributed by atoms with Crippen LogP contribution in [0.5, 0.6) is 11.6 Å². The van der Waals surface area contributed by atoms with Gasteiger partial charge in [-0.3, -0.25) is 10.2 Å². The highest BCUT2D eigenvalue weighted by molar-refractivity contribution is 5.99. The third-order valence-corrected chi connectivity index (χ3v) is 7.19.